The van der Waals surface area contributed by atoms with Crippen LogP contribution < -0.4 is 15.5 Å². The summed E-state index contributed by atoms with van der Waals surface area (Å²) in [7, 11) is 0. The van der Waals surface area contributed by atoms with Gasteiger partial charge in [0.25, 0.3) is 0 Å². The summed E-state index contributed by atoms with van der Waals surface area (Å²) >= 11 is 6.23. The van der Waals surface area contributed by atoms with Gasteiger partial charge in [0.15, 0.2) is 0 Å². The Morgan fingerprint density at radius 2 is 1.55 bits per heavy atom. The van der Waals surface area contributed by atoms with Crippen molar-refractivity contribution in [1.29, 1.82) is 0 Å². The number of anilines is 3. The van der Waals surface area contributed by atoms with E-state index in [0.717, 1.165) is 42.8 Å². The van der Waals surface area contributed by atoms with Crippen molar-refractivity contribution in [3.63, 3.8) is 0 Å². The third-order valence-corrected chi connectivity index (χ3v) is 3.73. The molecule has 1 aromatic carbocycles. The molecular weight excluding hydrogens is 274 g/mol. The van der Waals surface area contributed by atoms with E-state index < -0.39 is 0 Å². The lowest BCUT2D eigenvalue weighted by molar-refractivity contribution is 0.640. The first kappa shape index (κ1) is 13.0. The van der Waals surface area contributed by atoms with Crippen molar-refractivity contribution in [3.05, 3.63) is 41.7 Å². The molecule has 0 spiro atoms. The van der Waals surface area contributed by atoms with Crippen molar-refractivity contribution < 1.29 is 0 Å². The lowest BCUT2D eigenvalue weighted by atomic mass is 10.2. The number of nitrogen functional groups attached to an aromatic ring is 1. The third kappa shape index (κ3) is 2.63. The average Bonchev–Trinajstić information content (AvgIpc) is 2.49. The van der Waals surface area contributed by atoms with E-state index in [1.807, 2.05) is 18.2 Å². The van der Waals surface area contributed by atoms with Crippen molar-refractivity contribution in [2.24, 2.45) is 0 Å². The van der Waals surface area contributed by atoms with Gasteiger partial charge < -0.3 is 15.5 Å². The van der Waals surface area contributed by atoms with Gasteiger partial charge in [0.2, 0.25) is 5.95 Å². The lowest BCUT2D eigenvalue weighted by Gasteiger charge is -2.36. The molecule has 2 N–H and O–H groups in total. The highest BCUT2D eigenvalue weighted by Gasteiger charge is 2.20. The van der Waals surface area contributed by atoms with E-state index >= 15 is 0 Å². The van der Waals surface area contributed by atoms with Gasteiger partial charge in [-0.15, -0.1) is 0 Å². The van der Waals surface area contributed by atoms with Crippen molar-refractivity contribution in [3.8, 4) is 0 Å². The van der Waals surface area contributed by atoms with Gasteiger partial charge in [-0.2, -0.15) is 0 Å². The zero-order valence-corrected chi connectivity index (χ0v) is 11.8. The molecule has 1 saturated heterocycles. The Bertz CT molecular complexity index is 578. The lowest BCUT2D eigenvalue weighted by Crippen LogP contribution is -2.47. The van der Waals surface area contributed by atoms with Crippen LogP contribution in [0.5, 0.6) is 0 Å². The van der Waals surface area contributed by atoms with Crippen molar-refractivity contribution >= 4 is 28.9 Å². The molecule has 0 atom stereocenters. The highest BCUT2D eigenvalue weighted by molar-refractivity contribution is 6.33. The van der Waals surface area contributed by atoms with E-state index in [4.69, 9.17) is 17.3 Å². The second-order valence-corrected chi connectivity index (χ2v) is 5.15. The summed E-state index contributed by atoms with van der Waals surface area (Å²) in [6, 6.07) is 7.94. The van der Waals surface area contributed by atoms with Crippen LogP contribution in [0.25, 0.3) is 0 Å². The molecule has 3 rings (SSSR count). The van der Waals surface area contributed by atoms with Gasteiger partial charge in [-0.3, -0.25) is 0 Å². The molecule has 0 unspecified atom stereocenters. The van der Waals surface area contributed by atoms with Gasteiger partial charge in [-0.25, -0.2) is 9.97 Å². The molecule has 1 aliphatic rings. The van der Waals surface area contributed by atoms with Crippen LogP contribution >= 0.6 is 11.6 Å². The second kappa shape index (κ2) is 5.54. The second-order valence-electron chi connectivity index (χ2n) is 4.74. The van der Waals surface area contributed by atoms with Crippen LogP contribution in [0.2, 0.25) is 5.02 Å². The molecule has 20 heavy (non-hydrogen) atoms. The number of hydrogen-bond donors (Lipinski definition) is 1. The molecule has 1 fully saturated rings. The van der Waals surface area contributed by atoms with E-state index in [9.17, 15) is 0 Å². The van der Waals surface area contributed by atoms with Gasteiger partial charge in [-0.1, -0.05) is 23.7 Å². The first-order valence-corrected chi connectivity index (χ1v) is 6.94. The first-order chi connectivity index (χ1) is 9.74. The van der Waals surface area contributed by atoms with Gasteiger partial charge in [-0.05, 0) is 12.1 Å². The maximum absolute atomic E-state index is 6.23. The monoisotopic (exact) mass is 289 g/mol. The number of para-hydroxylation sites is 1. The first-order valence-electron chi connectivity index (χ1n) is 6.56. The van der Waals surface area contributed by atoms with Crippen LogP contribution in [-0.2, 0) is 0 Å². The summed E-state index contributed by atoms with van der Waals surface area (Å²) < 4.78 is 0. The molecule has 2 aromatic rings. The van der Waals surface area contributed by atoms with E-state index in [0.29, 0.717) is 5.69 Å². The van der Waals surface area contributed by atoms with Gasteiger partial charge in [0.05, 0.1) is 28.8 Å². The minimum absolute atomic E-state index is 0.587. The molecule has 0 bridgehead atoms. The number of halogens is 1. The van der Waals surface area contributed by atoms with E-state index in [2.05, 4.69) is 25.8 Å². The molecule has 0 radical (unpaired) electrons. The minimum Gasteiger partial charge on any atom is -0.396 e. The number of nitrogens with two attached hydrogens (primary N) is 1. The van der Waals surface area contributed by atoms with Crippen LogP contribution in [0.15, 0.2) is 36.7 Å². The number of benzene rings is 1. The average molecular weight is 290 g/mol. The van der Waals surface area contributed by atoms with Gasteiger partial charge in [0, 0.05) is 26.2 Å². The van der Waals surface area contributed by atoms with E-state index in [1.54, 1.807) is 12.4 Å². The molecule has 1 aromatic heterocycles. The number of rotatable bonds is 2. The topological polar surface area (TPSA) is 58.3 Å². The highest BCUT2D eigenvalue weighted by Crippen LogP contribution is 2.26. The SMILES string of the molecule is Nc1cnc(N2CCN(c3ccccc3Cl)CC2)nc1. The van der Waals surface area contributed by atoms with Crippen LogP contribution in [0.3, 0.4) is 0 Å². The maximum Gasteiger partial charge on any atom is 0.225 e. The summed E-state index contributed by atoms with van der Waals surface area (Å²) in [5.74, 6) is 0.734. The summed E-state index contributed by atoms with van der Waals surface area (Å²) in [5, 5.41) is 0.796. The molecule has 0 aliphatic carbocycles. The van der Waals surface area contributed by atoms with Crippen LogP contribution in [-0.4, -0.2) is 36.1 Å². The predicted molar refractivity (Wildman–Crippen MR) is 82.3 cm³/mol. The smallest absolute Gasteiger partial charge is 0.225 e. The molecule has 1 aliphatic heterocycles. The summed E-state index contributed by atoms with van der Waals surface area (Å²) in [5.41, 5.74) is 7.28. The van der Waals surface area contributed by atoms with Crippen molar-refractivity contribution in [1.82, 2.24) is 9.97 Å². The summed E-state index contributed by atoms with van der Waals surface area (Å²) in [6.07, 6.45) is 3.28. The van der Waals surface area contributed by atoms with E-state index in [1.165, 1.54) is 0 Å². The molecular formula is C14H16ClN5. The van der Waals surface area contributed by atoms with Gasteiger partial charge >= 0.3 is 0 Å². The fraction of sp³-hybridized carbons (Fsp3) is 0.286. The predicted octanol–water partition coefficient (Wildman–Crippen LogP) is 2.04. The van der Waals surface area contributed by atoms with Gasteiger partial charge in [0.1, 0.15) is 0 Å². The zero-order valence-electron chi connectivity index (χ0n) is 11.0. The Hall–Kier alpha value is -2.01. The van der Waals surface area contributed by atoms with Crippen molar-refractivity contribution in [2.45, 2.75) is 0 Å². The third-order valence-electron chi connectivity index (χ3n) is 3.41. The van der Waals surface area contributed by atoms with Crippen molar-refractivity contribution in [2.75, 3.05) is 41.7 Å². The number of aromatic nitrogens is 2. The standard InChI is InChI=1S/C14H16ClN5/c15-12-3-1-2-4-13(12)19-5-7-20(8-6-19)14-17-9-11(16)10-18-14/h1-4,9-10H,5-8,16H2. The molecule has 2 heterocycles. The summed E-state index contributed by atoms with van der Waals surface area (Å²) in [6.45, 7) is 3.54. The zero-order chi connectivity index (χ0) is 13.9. The highest BCUT2D eigenvalue weighted by atomic mass is 35.5. The number of nitrogens with zero attached hydrogens (tertiary/aromatic N) is 4. The Labute approximate surface area is 123 Å². The Morgan fingerprint density at radius 1 is 0.950 bits per heavy atom. The summed E-state index contributed by atoms with van der Waals surface area (Å²) in [4.78, 5) is 13.0. The van der Waals surface area contributed by atoms with Crippen LogP contribution in [0.4, 0.5) is 17.3 Å². The minimum atomic E-state index is 0.587. The Balaban J connectivity index is 1.68. The van der Waals surface area contributed by atoms with Crippen LogP contribution in [0, 0.1) is 0 Å². The molecule has 0 amide bonds. The quantitative estimate of drug-likeness (QED) is 0.917. The molecule has 0 saturated carbocycles. The molecule has 104 valence electrons. The normalized spacial score (nSPS) is 15.4. The number of piperazine rings is 1. The van der Waals surface area contributed by atoms with E-state index in [-0.39, 0.29) is 0 Å². The molecule has 5 nitrogen and oxygen atoms in total. The fourth-order valence-electron chi connectivity index (χ4n) is 2.35. The van der Waals surface area contributed by atoms with Crippen LogP contribution in [0.1, 0.15) is 0 Å². The Morgan fingerprint density at radius 3 is 2.20 bits per heavy atom. The Kier molecular flexibility index (Phi) is 3.60. The fourth-order valence-corrected chi connectivity index (χ4v) is 2.61. The largest absolute Gasteiger partial charge is 0.396 e. The molecule has 6 heteroatoms. The maximum atomic E-state index is 6.23. The number of hydrogen-bond acceptors (Lipinski definition) is 5.